The first-order valence-electron chi connectivity index (χ1n) is 9.53. The Hall–Kier alpha value is -3.12. The van der Waals surface area contributed by atoms with E-state index in [0.717, 1.165) is 30.4 Å². The molecule has 0 atom stereocenters. The summed E-state index contributed by atoms with van der Waals surface area (Å²) >= 11 is 1.51. The van der Waals surface area contributed by atoms with Crippen LogP contribution in [0.3, 0.4) is 0 Å². The zero-order valence-electron chi connectivity index (χ0n) is 16.4. The Bertz CT molecular complexity index is 1090. The second kappa shape index (κ2) is 8.09. The van der Waals surface area contributed by atoms with Crippen molar-refractivity contribution in [1.82, 2.24) is 0 Å². The van der Waals surface area contributed by atoms with E-state index in [9.17, 15) is 9.59 Å². The summed E-state index contributed by atoms with van der Waals surface area (Å²) < 4.78 is 5.23. The summed E-state index contributed by atoms with van der Waals surface area (Å²) in [4.78, 5) is 27.2. The molecule has 0 bridgehead atoms. The van der Waals surface area contributed by atoms with E-state index >= 15 is 0 Å². The average Bonchev–Trinajstić information content (AvgIpc) is 3.29. The summed E-state index contributed by atoms with van der Waals surface area (Å²) in [7, 11) is 1.59. The Labute approximate surface area is 173 Å². The molecule has 29 heavy (non-hydrogen) atoms. The van der Waals surface area contributed by atoms with Gasteiger partial charge in [-0.1, -0.05) is 24.3 Å². The average molecular weight is 407 g/mol. The molecule has 1 aromatic heterocycles. The number of amides is 2. The molecule has 3 aromatic rings. The second-order valence-corrected chi connectivity index (χ2v) is 8.12. The fraction of sp³-hybridized carbons (Fsp3) is 0.217. The Balaban J connectivity index is 1.63. The minimum absolute atomic E-state index is 0.196. The van der Waals surface area contributed by atoms with Crippen LogP contribution in [0.1, 0.15) is 43.1 Å². The molecule has 148 valence electrons. The SMILES string of the molecule is COc1cccc(NC(=O)c2c(NC(=O)c3ccccc3C)sc3c2CCC3)c1. The molecule has 2 aromatic carbocycles. The predicted octanol–water partition coefficient (Wildman–Crippen LogP) is 5.06. The summed E-state index contributed by atoms with van der Waals surface area (Å²) in [6.45, 7) is 1.90. The van der Waals surface area contributed by atoms with Crippen molar-refractivity contribution < 1.29 is 14.3 Å². The molecule has 0 saturated heterocycles. The lowest BCUT2D eigenvalue weighted by atomic mass is 10.1. The molecule has 2 N–H and O–H groups in total. The number of ether oxygens (including phenoxy) is 1. The van der Waals surface area contributed by atoms with Gasteiger partial charge in [-0.2, -0.15) is 0 Å². The smallest absolute Gasteiger partial charge is 0.258 e. The van der Waals surface area contributed by atoms with Crippen LogP contribution in [0.15, 0.2) is 48.5 Å². The minimum Gasteiger partial charge on any atom is -0.497 e. The Morgan fingerprint density at radius 2 is 1.83 bits per heavy atom. The van der Waals surface area contributed by atoms with E-state index in [4.69, 9.17) is 4.74 Å². The molecule has 0 fully saturated rings. The highest BCUT2D eigenvalue weighted by atomic mass is 32.1. The highest BCUT2D eigenvalue weighted by molar-refractivity contribution is 7.17. The molecule has 6 heteroatoms. The topological polar surface area (TPSA) is 67.4 Å². The van der Waals surface area contributed by atoms with Crippen LogP contribution in [0.4, 0.5) is 10.7 Å². The molecule has 0 saturated carbocycles. The number of aryl methyl sites for hydroxylation is 2. The maximum absolute atomic E-state index is 13.1. The van der Waals surface area contributed by atoms with Gasteiger partial charge in [-0.25, -0.2) is 0 Å². The number of hydrogen-bond donors (Lipinski definition) is 2. The van der Waals surface area contributed by atoms with Gasteiger partial charge in [-0.15, -0.1) is 11.3 Å². The normalized spacial score (nSPS) is 12.3. The molecule has 1 heterocycles. The number of thiophene rings is 1. The Morgan fingerprint density at radius 3 is 2.62 bits per heavy atom. The zero-order valence-corrected chi connectivity index (χ0v) is 17.2. The lowest BCUT2D eigenvalue weighted by Gasteiger charge is -2.11. The van der Waals surface area contributed by atoms with E-state index < -0.39 is 0 Å². The van der Waals surface area contributed by atoms with Crippen LogP contribution in [-0.4, -0.2) is 18.9 Å². The van der Waals surface area contributed by atoms with E-state index in [1.807, 2.05) is 43.3 Å². The summed E-state index contributed by atoms with van der Waals surface area (Å²) in [6.07, 6.45) is 2.83. The third kappa shape index (κ3) is 3.89. The van der Waals surface area contributed by atoms with Crippen molar-refractivity contribution in [2.75, 3.05) is 17.7 Å². The number of carbonyl (C=O) groups is 2. The summed E-state index contributed by atoms with van der Waals surface area (Å²) in [5.74, 6) is 0.266. The lowest BCUT2D eigenvalue weighted by molar-refractivity contribution is 0.102. The monoisotopic (exact) mass is 406 g/mol. The number of benzene rings is 2. The number of fused-ring (bicyclic) bond motifs is 1. The van der Waals surface area contributed by atoms with Crippen molar-refractivity contribution in [3.63, 3.8) is 0 Å². The van der Waals surface area contributed by atoms with Crippen LogP contribution in [0.2, 0.25) is 0 Å². The fourth-order valence-electron chi connectivity index (χ4n) is 3.63. The largest absolute Gasteiger partial charge is 0.497 e. The quantitative estimate of drug-likeness (QED) is 0.622. The molecule has 1 aliphatic rings. The third-order valence-electron chi connectivity index (χ3n) is 5.09. The predicted molar refractivity (Wildman–Crippen MR) is 116 cm³/mol. The van der Waals surface area contributed by atoms with Crippen molar-refractivity contribution >= 4 is 33.8 Å². The molecule has 1 aliphatic carbocycles. The summed E-state index contributed by atoms with van der Waals surface area (Å²) in [5, 5.41) is 6.54. The molecular formula is C23H22N2O3S. The maximum Gasteiger partial charge on any atom is 0.258 e. The van der Waals surface area contributed by atoms with Crippen LogP contribution in [0, 0.1) is 6.92 Å². The van der Waals surface area contributed by atoms with Gasteiger partial charge in [0.2, 0.25) is 0 Å². The van der Waals surface area contributed by atoms with E-state index in [1.165, 1.54) is 16.2 Å². The van der Waals surface area contributed by atoms with Gasteiger partial charge in [0.05, 0.1) is 12.7 Å². The summed E-state index contributed by atoms with van der Waals surface area (Å²) in [6, 6.07) is 14.7. The number of nitrogens with one attached hydrogen (secondary N) is 2. The first-order valence-corrected chi connectivity index (χ1v) is 10.4. The van der Waals surface area contributed by atoms with Crippen molar-refractivity contribution in [3.8, 4) is 5.75 Å². The number of hydrogen-bond acceptors (Lipinski definition) is 4. The van der Waals surface area contributed by atoms with Gasteiger partial charge in [0.1, 0.15) is 10.8 Å². The highest BCUT2D eigenvalue weighted by Gasteiger charge is 2.28. The Morgan fingerprint density at radius 1 is 1.00 bits per heavy atom. The number of carbonyl (C=O) groups excluding carboxylic acids is 2. The van der Waals surface area contributed by atoms with E-state index in [0.29, 0.717) is 27.6 Å². The molecule has 0 unspecified atom stereocenters. The van der Waals surface area contributed by atoms with E-state index in [2.05, 4.69) is 10.6 Å². The summed E-state index contributed by atoms with van der Waals surface area (Å²) in [5.41, 5.74) is 3.79. The van der Waals surface area contributed by atoms with Gasteiger partial charge in [0.25, 0.3) is 11.8 Å². The van der Waals surface area contributed by atoms with Crippen molar-refractivity contribution in [2.45, 2.75) is 26.2 Å². The van der Waals surface area contributed by atoms with Gasteiger partial charge in [-0.3, -0.25) is 9.59 Å². The van der Waals surface area contributed by atoms with Crippen LogP contribution in [0.5, 0.6) is 5.75 Å². The number of anilines is 2. The van der Waals surface area contributed by atoms with Gasteiger partial charge in [0, 0.05) is 22.2 Å². The van der Waals surface area contributed by atoms with Crippen LogP contribution in [-0.2, 0) is 12.8 Å². The second-order valence-electron chi connectivity index (χ2n) is 7.02. The minimum atomic E-state index is -0.210. The first kappa shape index (κ1) is 19.2. The van der Waals surface area contributed by atoms with Crippen LogP contribution in [0.25, 0.3) is 0 Å². The van der Waals surface area contributed by atoms with Gasteiger partial charge >= 0.3 is 0 Å². The van der Waals surface area contributed by atoms with Crippen molar-refractivity contribution in [2.24, 2.45) is 0 Å². The fourth-order valence-corrected chi connectivity index (χ4v) is 4.91. The van der Waals surface area contributed by atoms with Crippen LogP contribution < -0.4 is 15.4 Å². The number of rotatable bonds is 5. The molecule has 2 amide bonds. The lowest BCUT2D eigenvalue weighted by Crippen LogP contribution is -2.18. The van der Waals surface area contributed by atoms with Crippen molar-refractivity contribution in [1.29, 1.82) is 0 Å². The first-order chi connectivity index (χ1) is 14.1. The zero-order chi connectivity index (χ0) is 20.4. The molecule has 0 spiro atoms. The standard InChI is InChI=1S/C23H22N2O3S/c1-14-7-3-4-10-17(14)21(26)25-23-20(18-11-6-12-19(18)29-23)22(27)24-15-8-5-9-16(13-15)28-2/h3-5,7-10,13H,6,11-12H2,1-2H3,(H,24,27)(H,25,26). The maximum atomic E-state index is 13.1. The van der Waals surface area contributed by atoms with Crippen molar-refractivity contribution in [3.05, 3.63) is 75.7 Å². The van der Waals surface area contributed by atoms with E-state index in [-0.39, 0.29) is 11.8 Å². The molecule has 5 nitrogen and oxygen atoms in total. The number of methoxy groups -OCH3 is 1. The molecule has 0 radical (unpaired) electrons. The molecular weight excluding hydrogens is 384 g/mol. The van der Waals surface area contributed by atoms with Gasteiger partial charge in [0.15, 0.2) is 0 Å². The van der Waals surface area contributed by atoms with Crippen LogP contribution >= 0.6 is 11.3 Å². The van der Waals surface area contributed by atoms with Gasteiger partial charge < -0.3 is 15.4 Å². The third-order valence-corrected chi connectivity index (χ3v) is 6.30. The Kier molecular flexibility index (Phi) is 5.36. The molecule has 0 aliphatic heterocycles. The molecule has 4 rings (SSSR count). The highest BCUT2D eigenvalue weighted by Crippen LogP contribution is 2.39. The van der Waals surface area contributed by atoms with Gasteiger partial charge in [-0.05, 0) is 55.5 Å². The van der Waals surface area contributed by atoms with E-state index in [1.54, 1.807) is 19.2 Å².